The summed E-state index contributed by atoms with van der Waals surface area (Å²) in [6.45, 7) is 2.18. The highest BCUT2D eigenvalue weighted by atomic mass is 16.6. The first-order valence-corrected chi connectivity index (χ1v) is 9.22. The van der Waals surface area contributed by atoms with E-state index in [0.717, 1.165) is 0 Å². The Balaban J connectivity index is 1.59. The number of carbonyl (C=O) groups excluding carboxylic acids is 1. The topological polar surface area (TPSA) is 131 Å². The van der Waals surface area contributed by atoms with E-state index < -0.39 is 9.85 Å². The lowest BCUT2D eigenvalue weighted by Crippen LogP contribution is -2.48. The molecule has 1 heterocycles. The number of methoxy groups -OCH3 is 1. The van der Waals surface area contributed by atoms with E-state index in [-0.39, 0.29) is 29.5 Å². The van der Waals surface area contributed by atoms with E-state index in [1.165, 1.54) is 31.4 Å². The number of ether oxygens (including phenoxy) is 1. The summed E-state index contributed by atoms with van der Waals surface area (Å²) in [5.41, 5.74) is 0.462. The number of carbonyl (C=O) groups is 1. The molecular formula is C19H21N5O6. The third-order valence-corrected chi connectivity index (χ3v) is 4.83. The Bertz CT molecular complexity index is 958. The molecule has 11 nitrogen and oxygen atoms in total. The lowest BCUT2D eigenvalue weighted by molar-refractivity contribution is -0.384. The van der Waals surface area contributed by atoms with Crippen LogP contribution in [0.25, 0.3) is 0 Å². The van der Waals surface area contributed by atoms with Crippen molar-refractivity contribution in [3.8, 4) is 5.75 Å². The summed E-state index contributed by atoms with van der Waals surface area (Å²) >= 11 is 0. The molecule has 0 saturated carbocycles. The number of hydrogen-bond acceptors (Lipinski definition) is 8. The average Bonchev–Trinajstić information content (AvgIpc) is 2.74. The van der Waals surface area contributed by atoms with Gasteiger partial charge in [0.2, 0.25) is 5.91 Å². The van der Waals surface area contributed by atoms with Crippen LogP contribution in [0.2, 0.25) is 0 Å². The van der Waals surface area contributed by atoms with Crippen molar-refractivity contribution in [1.82, 2.24) is 4.90 Å². The van der Waals surface area contributed by atoms with E-state index in [1.807, 2.05) is 9.80 Å². The highest BCUT2D eigenvalue weighted by molar-refractivity contribution is 5.94. The van der Waals surface area contributed by atoms with Gasteiger partial charge in [-0.05, 0) is 18.2 Å². The molecule has 0 atom stereocenters. The maximum Gasteiger partial charge on any atom is 0.296 e. The molecule has 30 heavy (non-hydrogen) atoms. The van der Waals surface area contributed by atoms with Gasteiger partial charge >= 0.3 is 0 Å². The van der Waals surface area contributed by atoms with Gasteiger partial charge in [-0.15, -0.1) is 0 Å². The summed E-state index contributed by atoms with van der Waals surface area (Å²) in [6, 6.07) is 10.8. The smallest absolute Gasteiger partial charge is 0.296 e. The Kier molecular flexibility index (Phi) is 6.42. The molecule has 1 amide bonds. The summed E-state index contributed by atoms with van der Waals surface area (Å²) < 4.78 is 4.98. The molecule has 0 aromatic heterocycles. The number of nitrogens with one attached hydrogen (secondary N) is 1. The molecule has 1 aliphatic heterocycles. The minimum Gasteiger partial charge on any atom is -0.496 e. The van der Waals surface area contributed by atoms with Gasteiger partial charge in [-0.2, -0.15) is 0 Å². The predicted molar refractivity (Wildman–Crippen MR) is 110 cm³/mol. The Morgan fingerprint density at radius 3 is 2.33 bits per heavy atom. The number of nitro groups is 2. The summed E-state index contributed by atoms with van der Waals surface area (Å²) in [6.07, 6.45) is 0. The van der Waals surface area contributed by atoms with Crippen LogP contribution in [0, 0.1) is 20.2 Å². The lowest BCUT2D eigenvalue weighted by Gasteiger charge is -2.35. The highest BCUT2D eigenvalue weighted by Gasteiger charge is 2.25. The number of piperazine rings is 1. The minimum atomic E-state index is -0.580. The van der Waals surface area contributed by atoms with Crippen molar-refractivity contribution >= 4 is 28.7 Å². The van der Waals surface area contributed by atoms with Crippen molar-refractivity contribution < 1.29 is 19.4 Å². The fraction of sp³-hybridized carbons (Fsp3) is 0.316. The molecule has 0 unspecified atom stereocenters. The predicted octanol–water partition coefficient (Wildman–Crippen LogP) is 2.27. The number of benzene rings is 2. The van der Waals surface area contributed by atoms with Crippen LogP contribution < -0.4 is 15.0 Å². The largest absolute Gasteiger partial charge is 0.496 e. The summed E-state index contributed by atoms with van der Waals surface area (Å²) in [5.74, 6) is -0.0479. The van der Waals surface area contributed by atoms with Gasteiger partial charge in [-0.3, -0.25) is 29.9 Å². The summed E-state index contributed by atoms with van der Waals surface area (Å²) in [4.78, 5) is 37.7. The van der Waals surface area contributed by atoms with Crippen LogP contribution in [0.4, 0.5) is 22.7 Å². The van der Waals surface area contributed by atoms with E-state index in [9.17, 15) is 25.0 Å². The second kappa shape index (κ2) is 9.18. The zero-order chi connectivity index (χ0) is 21.7. The average molecular weight is 415 g/mol. The van der Waals surface area contributed by atoms with E-state index in [4.69, 9.17) is 4.74 Å². The van der Waals surface area contributed by atoms with Crippen molar-refractivity contribution in [3.05, 3.63) is 62.7 Å². The van der Waals surface area contributed by atoms with Crippen LogP contribution in [0.1, 0.15) is 0 Å². The number of nitro benzene ring substituents is 2. The van der Waals surface area contributed by atoms with Crippen molar-refractivity contribution in [3.63, 3.8) is 0 Å². The van der Waals surface area contributed by atoms with Gasteiger partial charge in [0.25, 0.3) is 11.4 Å². The second-order valence-corrected chi connectivity index (χ2v) is 6.70. The van der Waals surface area contributed by atoms with Crippen molar-refractivity contribution in [2.45, 2.75) is 0 Å². The van der Waals surface area contributed by atoms with Crippen molar-refractivity contribution in [2.24, 2.45) is 0 Å². The van der Waals surface area contributed by atoms with Crippen molar-refractivity contribution in [1.29, 1.82) is 0 Å². The quantitative estimate of drug-likeness (QED) is 0.538. The number of anilines is 2. The normalized spacial score (nSPS) is 14.2. The first-order valence-electron chi connectivity index (χ1n) is 9.22. The number of nitrogens with zero attached hydrogens (tertiary/aromatic N) is 4. The Hall–Kier alpha value is -3.73. The molecule has 158 valence electrons. The van der Waals surface area contributed by atoms with Gasteiger partial charge in [0.05, 0.1) is 29.6 Å². The molecule has 0 aliphatic carbocycles. The molecule has 1 fully saturated rings. The van der Waals surface area contributed by atoms with Crippen molar-refractivity contribution in [2.75, 3.05) is 50.1 Å². The minimum absolute atomic E-state index is 0.0514. The van der Waals surface area contributed by atoms with E-state index in [1.54, 1.807) is 18.2 Å². The maximum atomic E-state index is 12.4. The third-order valence-electron chi connectivity index (χ3n) is 4.83. The van der Waals surface area contributed by atoms with Gasteiger partial charge in [0.1, 0.15) is 17.1 Å². The van der Waals surface area contributed by atoms with Gasteiger partial charge in [-0.1, -0.05) is 12.1 Å². The monoisotopic (exact) mass is 415 g/mol. The molecule has 2 aromatic carbocycles. The van der Waals surface area contributed by atoms with Gasteiger partial charge in [-0.25, -0.2) is 0 Å². The molecule has 2 aromatic rings. The van der Waals surface area contributed by atoms with E-state index in [2.05, 4.69) is 5.32 Å². The standard InChI is InChI=1S/C19H21N5O6/c1-30-14-6-7-15(18(12-14)24(28)29)20-19(25)13-21-8-10-22(11-9-21)16-4-2-3-5-17(16)23(26)27/h2-7,12H,8-11,13H2,1H3,(H,20,25). The van der Waals surface area contributed by atoms with Gasteiger partial charge in [0, 0.05) is 32.2 Å². The molecule has 11 heteroatoms. The van der Waals surface area contributed by atoms with Crippen LogP contribution in [0.3, 0.4) is 0 Å². The summed E-state index contributed by atoms with van der Waals surface area (Å²) in [5, 5.41) is 25.0. The molecule has 0 spiro atoms. The molecule has 1 aliphatic rings. The number of amides is 1. The fourth-order valence-corrected chi connectivity index (χ4v) is 3.32. The Labute approximate surface area is 172 Å². The second-order valence-electron chi connectivity index (χ2n) is 6.70. The zero-order valence-corrected chi connectivity index (χ0v) is 16.3. The first kappa shape index (κ1) is 21.0. The fourth-order valence-electron chi connectivity index (χ4n) is 3.32. The van der Waals surface area contributed by atoms with E-state index in [0.29, 0.717) is 37.6 Å². The molecular weight excluding hydrogens is 394 g/mol. The first-order chi connectivity index (χ1) is 14.4. The van der Waals surface area contributed by atoms with Crippen LogP contribution in [0.15, 0.2) is 42.5 Å². The molecule has 3 rings (SSSR count). The SMILES string of the molecule is COc1ccc(NC(=O)CN2CCN(c3ccccc3[N+](=O)[O-])CC2)c([N+](=O)[O-])c1. The Morgan fingerprint density at radius 2 is 1.70 bits per heavy atom. The Morgan fingerprint density at radius 1 is 1.03 bits per heavy atom. The molecule has 0 bridgehead atoms. The van der Waals surface area contributed by atoms with Crippen LogP contribution >= 0.6 is 0 Å². The number of rotatable bonds is 7. The summed E-state index contributed by atoms with van der Waals surface area (Å²) in [7, 11) is 1.40. The molecule has 1 N–H and O–H groups in total. The third kappa shape index (κ3) is 4.81. The van der Waals surface area contributed by atoms with Crippen LogP contribution in [-0.4, -0.2) is 60.5 Å². The van der Waals surface area contributed by atoms with Crippen LogP contribution in [-0.2, 0) is 4.79 Å². The molecule has 1 saturated heterocycles. The zero-order valence-electron chi connectivity index (χ0n) is 16.3. The van der Waals surface area contributed by atoms with Crippen LogP contribution in [0.5, 0.6) is 5.75 Å². The van der Waals surface area contributed by atoms with Gasteiger partial charge in [0.15, 0.2) is 0 Å². The maximum absolute atomic E-state index is 12.4. The highest BCUT2D eigenvalue weighted by Crippen LogP contribution is 2.30. The van der Waals surface area contributed by atoms with E-state index >= 15 is 0 Å². The molecule has 0 radical (unpaired) electrons. The lowest BCUT2D eigenvalue weighted by atomic mass is 10.2. The number of para-hydroxylation sites is 2. The number of hydrogen-bond donors (Lipinski definition) is 1. The van der Waals surface area contributed by atoms with Gasteiger partial charge < -0.3 is 15.0 Å².